The number of ether oxygens (including phenoxy) is 1. The van der Waals surface area contributed by atoms with E-state index in [-0.39, 0.29) is 11.7 Å². The van der Waals surface area contributed by atoms with Gasteiger partial charge in [0.2, 0.25) is 0 Å². The lowest BCUT2D eigenvalue weighted by atomic mass is 10.1. The number of carboxylic acid groups (broad SMARTS) is 1. The van der Waals surface area contributed by atoms with Crippen molar-refractivity contribution in [2.45, 2.75) is 32.9 Å². The molecule has 1 N–H and O–H groups in total. The highest BCUT2D eigenvalue weighted by atomic mass is 35.5. The van der Waals surface area contributed by atoms with E-state index >= 15 is 0 Å². The summed E-state index contributed by atoms with van der Waals surface area (Å²) in [5, 5.41) is 9.36. The second-order valence-corrected chi connectivity index (χ2v) is 5.17. The fourth-order valence-electron chi connectivity index (χ4n) is 1.56. The van der Waals surface area contributed by atoms with Crippen molar-refractivity contribution in [1.82, 2.24) is 4.90 Å². The number of hydrogen-bond donors (Lipinski definition) is 1. The molecule has 6 heteroatoms. The van der Waals surface area contributed by atoms with Gasteiger partial charge in [0.15, 0.2) is 0 Å². The maximum Gasteiger partial charge on any atom is 0.326 e. The molecule has 110 valence electrons. The Kier molecular flexibility index (Phi) is 5.39. The number of likely N-dealkylation sites (N-methyl/N-ethyl adjacent to an activating group) is 1. The van der Waals surface area contributed by atoms with Crippen LogP contribution in [0.25, 0.3) is 0 Å². The van der Waals surface area contributed by atoms with E-state index in [0.29, 0.717) is 10.8 Å². The highest BCUT2D eigenvalue weighted by Gasteiger charge is 2.25. The van der Waals surface area contributed by atoms with E-state index in [4.69, 9.17) is 21.4 Å². The molecule has 0 heterocycles. The molecular weight excluding hydrogens is 282 g/mol. The Labute approximate surface area is 123 Å². The summed E-state index contributed by atoms with van der Waals surface area (Å²) < 4.78 is 5.56. The van der Waals surface area contributed by atoms with E-state index in [2.05, 4.69) is 0 Å². The fourth-order valence-corrected chi connectivity index (χ4v) is 1.73. The van der Waals surface area contributed by atoms with Crippen LogP contribution in [0.4, 0.5) is 0 Å². The van der Waals surface area contributed by atoms with Crippen LogP contribution in [0.15, 0.2) is 18.2 Å². The first-order valence-electron chi connectivity index (χ1n) is 6.20. The van der Waals surface area contributed by atoms with Crippen LogP contribution in [-0.2, 0) is 4.79 Å². The van der Waals surface area contributed by atoms with Crippen LogP contribution in [0, 0.1) is 0 Å². The molecular formula is C14H18ClNO4. The van der Waals surface area contributed by atoms with Crippen molar-refractivity contribution in [3.63, 3.8) is 0 Å². The maximum atomic E-state index is 12.4. The topological polar surface area (TPSA) is 66.8 Å². The summed E-state index contributed by atoms with van der Waals surface area (Å²) in [4.78, 5) is 24.5. The Morgan fingerprint density at radius 1 is 1.30 bits per heavy atom. The molecule has 1 aromatic carbocycles. The molecule has 20 heavy (non-hydrogen) atoms. The van der Waals surface area contributed by atoms with Crippen LogP contribution in [-0.4, -0.2) is 41.1 Å². The SMILES string of the molecule is CC(C)Oc1ccc(Cl)cc1C(=O)N(C)C(C)C(=O)O. The normalized spacial score (nSPS) is 12.1. The summed E-state index contributed by atoms with van der Waals surface area (Å²) in [6.07, 6.45) is -0.107. The van der Waals surface area contributed by atoms with Gasteiger partial charge in [-0.2, -0.15) is 0 Å². The molecule has 1 amide bonds. The van der Waals surface area contributed by atoms with E-state index in [0.717, 1.165) is 4.90 Å². The number of aliphatic carboxylic acids is 1. The number of halogens is 1. The van der Waals surface area contributed by atoms with Crippen LogP contribution < -0.4 is 4.74 Å². The number of hydrogen-bond acceptors (Lipinski definition) is 3. The highest BCUT2D eigenvalue weighted by Crippen LogP contribution is 2.25. The summed E-state index contributed by atoms with van der Waals surface area (Å²) in [5.74, 6) is -1.13. The zero-order valence-electron chi connectivity index (χ0n) is 11.9. The van der Waals surface area contributed by atoms with E-state index in [9.17, 15) is 9.59 Å². The number of amides is 1. The fraction of sp³-hybridized carbons (Fsp3) is 0.429. The molecule has 0 bridgehead atoms. The Hall–Kier alpha value is -1.75. The van der Waals surface area contributed by atoms with Gasteiger partial charge in [0.25, 0.3) is 5.91 Å². The quantitative estimate of drug-likeness (QED) is 0.907. The molecule has 0 saturated carbocycles. The Morgan fingerprint density at radius 3 is 2.40 bits per heavy atom. The average molecular weight is 300 g/mol. The Bertz CT molecular complexity index is 516. The molecule has 0 saturated heterocycles. The third kappa shape index (κ3) is 3.87. The first kappa shape index (κ1) is 16.3. The minimum absolute atomic E-state index is 0.107. The average Bonchev–Trinajstić information content (AvgIpc) is 2.37. The van der Waals surface area contributed by atoms with Gasteiger partial charge in [-0.3, -0.25) is 4.79 Å². The first-order valence-corrected chi connectivity index (χ1v) is 6.58. The second-order valence-electron chi connectivity index (χ2n) is 4.74. The second kappa shape index (κ2) is 6.61. The van der Waals surface area contributed by atoms with Gasteiger partial charge < -0.3 is 14.7 Å². The predicted octanol–water partition coefficient (Wildman–Crippen LogP) is 2.67. The molecule has 1 rings (SSSR count). The van der Waals surface area contributed by atoms with Crippen molar-refractivity contribution in [2.24, 2.45) is 0 Å². The molecule has 1 aromatic rings. The van der Waals surface area contributed by atoms with Gasteiger partial charge in [-0.25, -0.2) is 4.79 Å². The van der Waals surface area contributed by atoms with Gasteiger partial charge in [0.1, 0.15) is 11.8 Å². The van der Waals surface area contributed by atoms with Crippen molar-refractivity contribution in [1.29, 1.82) is 0 Å². The molecule has 0 aliphatic rings. The standard InChI is InChI=1S/C14H18ClNO4/c1-8(2)20-12-6-5-10(15)7-11(12)13(17)16(4)9(3)14(18)19/h5-9H,1-4H3,(H,18,19). The lowest BCUT2D eigenvalue weighted by Gasteiger charge is -2.23. The predicted molar refractivity (Wildman–Crippen MR) is 76.4 cm³/mol. The summed E-state index contributed by atoms with van der Waals surface area (Å²) in [6.45, 7) is 5.12. The van der Waals surface area contributed by atoms with Crippen LogP contribution in [0.5, 0.6) is 5.75 Å². The van der Waals surface area contributed by atoms with E-state index < -0.39 is 17.9 Å². The molecule has 0 aromatic heterocycles. The van der Waals surface area contributed by atoms with Crippen molar-refractivity contribution in [3.8, 4) is 5.75 Å². The number of benzene rings is 1. The zero-order valence-corrected chi connectivity index (χ0v) is 12.6. The van der Waals surface area contributed by atoms with Gasteiger partial charge in [-0.15, -0.1) is 0 Å². The van der Waals surface area contributed by atoms with Crippen molar-refractivity contribution in [3.05, 3.63) is 28.8 Å². The maximum absolute atomic E-state index is 12.4. The molecule has 0 aliphatic carbocycles. The summed E-state index contributed by atoms with van der Waals surface area (Å²) >= 11 is 5.90. The van der Waals surface area contributed by atoms with E-state index in [1.807, 2.05) is 13.8 Å². The number of rotatable bonds is 5. The number of nitrogens with zero attached hydrogens (tertiary/aromatic N) is 1. The van der Waals surface area contributed by atoms with Gasteiger partial charge >= 0.3 is 5.97 Å². The monoisotopic (exact) mass is 299 g/mol. The molecule has 0 radical (unpaired) electrons. The third-order valence-electron chi connectivity index (χ3n) is 2.79. The molecule has 0 spiro atoms. The lowest BCUT2D eigenvalue weighted by Crippen LogP contribution is -2.40. The molecule has 1 atom stereocenters. The summed E-state index contributed by atoms with van der Waals surface area (Å²) in [5.41, 5.74) is 0.252. The van der Waals surface area contributed by atoms with E-state index in [1.165, 1.54) is 20.0 Å². The molecule has 5 nitrogen and oxygen atoms in total. The van der Waals surface area contributed by atoms with Gasteiger partial charge in [-0.05, 0) is 39.0 Å². The Morgan fingerprint density at radius 2 is 1.90 bits per heavy atom. The molecule has 0 aliphatic heterocycles. The van der Waals surface area contributed by atoms with Crippen LogP contribution in [0.2, 0.25) is 5.02 Å². The van der Waals surface area contributed by atoms with Crippen molar-refractivity contribution >= 4 is 23.5 Å². The van der Waals surface area contributed by atoms with Gasteiger partial charge in [0.05, 0.1) is 11.7 Å². The minimum atomic E-state index is -1.07. The summed E-state index contributed by atoms with van der Waals surface area (Å²) in [7, 11) is 1.43. The van der Waals surface area contributed by atoms with Crippen molar-refractivity contribution in [2.75, 3.05) is 7.05 Å². The van der Waals surface area contributed by atoms with Gasteiger partial charge in [0, 0.05) is 12.1 Å². The smallest absolute Gasteiger partial charge is 0.326 e. The minimum Gasteiger partial charge on any atom is -0.490 e. The largest absolute Gasteiger partial charge is 0.490 e. The zero-order chi connectivity index (χ0) is 15.4. The summed E-state index contributed by atoms with van der Waals surface area (Å²) in [6, 6.07) is 3.77. The number of carbonyl (C=O) groups excluding carboxylic acids is 1. The van der Waals surface area contributed by atoms with Crippen molar-refractivity contribution < 1.29 is 19.4 Å². The third-order valence-corrected chi connectivity index (χ3v) is 3.03. The van der Waals surface area contributed by atoms with E-state index in [1.54, 1.807) is 12.1 Å². The lowest BCUT2D eigenvalue weighted by molar-refractivity contribution is -0.141. The highest BCUT2D eigenvalue weighted by molar-refractivity contribution is 6.31. The van der Waals surface area contributed by atoms with Crippen LogP contribution >= 0.6 is 11.6 Å². The number of carbonyl (C=O) groups is 2. The molecule has 0 fully saturated rings. The molecule has 1 unspecified atom stereocenters. The Balaban J connectivity index is 3.13. The van der Waals surface area contributed by atoms with Crippen LogP contribution in [0.3, 0.4) is 0 Å². The van der Waals surface area contributed by atoms with Crippen LogP contribution in [0.1, 0.15) is 31.1 Å². The van der Waals surface area contributed by atoms with Gasteiger partial charge in [-0.1, -0.05) is 11.6 Å². The number of carboxylic acids is 1. The first-order chi connectivity index (χ1) is 9.23.